The zero-order valence-corrected chi connectivity index (χ0v) is 5.67. The van der Waals surface area contributed by atoms with Crippen LogP contribution in [-0.2, 0) is 0 Å². The summed E-state index contributed by atoms with van der Waals surface area (Å²) in [6.45, 7) is 3.01. The third kappa shape index (κ3) is 0.775. The van der Waals surface area contributed by atoms with Crippen molar-refractivity contribution >= 4 is 0 Å². The quantitative estimate of drug-likeness (QED) is 0.518. The second kappa shape index (κ2) is 1.70. The van der Waals surface area contributed by atoms with E-state index in [1.54, 1.807) is 0 Å². The number of aliphatic hydroxyl groups is 1. The van der Waals surface area contributed by atoms with Crippen LogP contribution in [0.5, 0.6) is 0 Å². The monoisotopic (exact) mass is 127 g/mol. The number of fused-ring (bicyclic) bond motifs is 1. The summed E-state index contributed by atoms with van der Waals surface area (Å²) in [5, 5.41) is 12.5. The van der Waals surface area contributed by atoms with Crippen LogP contribution in [-0.4, -0.2) is 23.8 Å². The first-order valence-corrected chi connectivity index (χ1v) is 3.70. The fourth-order valence-corrected chi connectivity index (χ4v) is 1.91. The second-order valence-electron chi connectivity index (χ2n) is 3.33. The molecule has 1 heterocycles. The third-order valence-corrected chi connectivity index (χ3v) is 2.57. The van der Waals surface area contributed by atoms with Gasteiger partial charge in [-0.3, -0.25) is 0 Å². The van der Waals surface area contributed by atoms with Gasteiger partial charge in [0.15, 0.2) is 0 Å². The van der Waals surface area contributed by atoms with Crippen LogP contribution in [0.3, 0.4) is 0 Å². The second-order valence-corrected chi connectivity index (χ2v) is 3.33. The highest BCUT2D eigenvalue weighted by molar-refractivity contribution is 5.03. The number of aliphatic hydroxyl groups excluding tert-OH is 1. The molecule has 52 valence electrons. The SMILES string of the molecule is CC(O)C1NCC2CC21. The number of nitrogens with one attached hydrogen (secondary N) is 1. The Morgan fingerprint density at radius 2 is 2.44 bits per heavy atom. The zero-order valence-electron chi connectivity index (χ0n) is 5.67. The fraction of sp³-hybridized carbons (Fsp3) is 1.00. The Morgan fingerprint density at radius 1 is 1.67 bits per heavy atom. The van der Waals surface area contributed by atoms with Crippen LogP contribution < -0.4 is 5.32 Å². The van der Waals surface area contributed by atoms with Gasteiger partial charge in [-0.05, 0) is 31.7 Å². The Morgan fingerprint density at radius 3 is 2.67 bits per heavy atom. The van der Waals surface area contributed by atoms with Gasteiger partial charge in [0.2, 0.25) is 0 Å². The lowest BCUT2D eigenvalue weighted by Gasteiger charge is -2.15. The van der Waals surface area contributed by atoms with Gasteiger partial charge >= 0.3 is 0 Å². The highest BCUT2D eigenvalue weighted by Crippen LogP contribution is 2.45. The Kier molecular flexibility index (Phi) is 1.08. The topological polar surface area (TPSA) is 32.3 Å². The van der Waals surface area contributed by atoms with Gasteiger partial charge in [0.05, 0.1) is 6.10 Å². The van der Waals surface area contributed by atoms with Crippen molar-refractivity contribution in [2.45, 2.75) is 25.5 Å². The van der Waals surface area contributed by atoms with Crippen molar-refractivity contribution in [3.63, 3.8) is 0 Å². The molecule has 0 amide bonds. The van der Waals surface area contributed by atoms with Crippen LogP contribution in [0.4, 0.5) is 0 Å². The molecular formula is C7H13NO. The highest BCUT2D eigenvalue weighted by atomic mass is 16.3. The molecule has 0 radical (unpaired) electrons. The molecule has 2 aliphatic rings. The largest absolute Gasteiger partial charge is 0.392 e. The van der Waals surface area contributed by atoms with Gasteiger partial charge in [-0.15, -0.1) is 0 Å². The molecule has 0 aromatic carbocycles. The molecule has 1 saturated heterocycles. The molecule has 0 bridgehead atoms. The molecule has 0 spiro atoms. The maximum absolute atomic E-state index is 9.19. The van der Waals surface area contributed by atoms with Crippen molar-refractivity contribution in [1.29, 1.82) is 0 Å². The lowest BCUT2D eigenvalue weighted by atomic mass is 10.1. The van der Waals surface area contributed by atoms with Crippen LogP contribution in [0, 0.1) is 11.8 Å². The molecule has 4 unspecified atom stereocenters. The summed E-state index contributed by atoms with van der Waals surface area (Å²) >= 11 is 0. The summed E-state index contributed by atoms with van der Waals surface area (Å²) in [4.78, 5) is 0. The Balaban J connectivity index is 1.98. The van der Waals surface area contributed by atoms with E-state index in [4.69, 9.17) is 0 Å². The van der Waals surface area contributed by atoms with Crippen molar-refractivity contribution in [3.05, 3.63) is 0 Å². The van der Waals surface area contributed by atoms with E-state index in [9.17, 15) is 5.11 Å². The number of piperidine rings is 1. The third-order valence-electron chi connectivity index (χ3n) is 2.57. The van der Waals surface area contributed by atoms with Crippen molar-refractivity contribution in [3.8, 4) is 0 Å². The van der Waals surface area contributed by atoms with Crippen LogP contribution in [0.25, 0.3) is 0 Å². The maximum atomic E-state index is 9.19. The van der Waals surface area contributed by atoms with E-state index in [-0.39, 0.29) is 6.10 Å². The summed E-state index contributed by atoms with van der Waals surface area (Å²) in [6, 6.07) is 0.412. The number of rotatable bonds is 1. The molecule has 2 fully saturated rings. The van der Waals surface area contributed by atoms with Gasteiger partial charge in [-0.25, -0.2) is 0 Å². The molecule has 0 aromatic rings. The normalized spacial score (nSPS) is 50.7. The van der Waals surface area contributed by atoms with E-state index in [0.29, 0.717) is 6.04 Å². The number of hydrogen-bond acceptors (Lipinski definition) is 2. The molecule has 1 saturated carbocycles. The molecule has 2 nitrogen and oxygen atoms in total. The molecular weight excluding hydrogens is 114 g/mol. The predicted molar refractivity (Wildman–Crippen MR) is 35.1 cm³/mol. The molecule has 2 N–H and O–H groups in total. The first-order chi connectivity index (χ1) is 4.29. The average molecular weight is 127 g/mol. The molecule has 2 rings (SSSR count). The smallest absolute Gasteiger partial charge is 0.0667 e. The lowest BCUT2D eigenvalue weighted by Crippen LogP contribution is -2.36. The Hall–Kier alpha value is -0.0800. The van der Waals surface area contributed by atoms with Gasteiger partial charge in [-0.1, -0.05) is 0 Å². The standard InChI is InChI=1S/C7H13NO/c1-4(9)7-6-2-5(6)3-8-7/h4-9H,2-3H2,1H3. The summed E-state index contributed by atoms with van der Waals surface area (Å²) in [7, 11) is 0. The van der Waals surface area contributed by atoms with Crippen LogP contribution >= 0.6 is 0 Å². The minimum atomic E-state index is -0.150. The highest BCUT2D eigenvalue weighted by Gasteiger charge is 2.49. The minimum absolute atomic E-state index is 0.150. The van der Waals surface area contributed by atoms with Gasteiger partial charge in [0.25, 0.3) is 0 Å². The summed E-state index contributed by atoms with van der Waals surface area (Å²) in [5.41, 5.74) is 0. The lowest BCUT2D eigenvalue weighted by molar-refractivity contribution is 0.144. The summed E-state index contributed by atoms with van der Waals surface area (Å²) < 4.78 is 0. The molecule has 9 heavy (non-hydrogen) atoms. The van der Waals surface area contributed by atoms with Crippen molar-refractivity contribution in [2.75, 3.05) is 6.54 Å². The first kappa shape index (κ1) is 5.69. The summed E-state index contributed by atoms with van der Waals surface area (Å²) in [5.74, 6) is 1.72. The molecule has 1 aliphatic heterocycles. The minimum Gasteiger partial charge on any atom is -0.392 e. The van der Waals surface area contributed by atoms with Gasteiger partial charge in [0, 0.05) is 6.04 Å². The summed E-state index contributed by atoms with van der Waals surface area (Å²) in [6.07, 6.45) is 1.20. The molecule has 1 aliphatic carbocycles. The van der Waals surface area contributed by atoms with Crippen molar-refractivity contribution < 1.29 is 5.11 Å². The zero-order chi connectivity index (χ0) is 6.43. The molecule has 0 aromatic heterocycles. The van der Waals surface area contributed by atoms with Crippen LogP contribution in [0.2, 0.25) is 0 Å². The van der Waals surface area contributed by atoms with E-state index in [1.807, 2.05) is 6.92 Å². The van der Waals surface area contributed by atoms with Crippen LogP contribution in [0.15, 0.2) is 0 Å². The van der Waals surface area contributed by atoms with E-state index < -0.39 is 0 Å². The van der Waals surface area contributed by atoms with Crippen molar-refractivity contribution in [1.82, 2.24) is 5.32 Å². The van der Waals surface area contributed by atoms with E-state index in [2.05, 4.69) is 5.32 Å². The molecule has 4 atom stereocenters. The Bertz CT molecular complexity index is 124. The number of hydrogen-bond donors (Lipinski definition) is 2. The van der Waals surface area contributed by atoms with Crippen molar-refractivity contribution in [2.24, 2.45) is 11.8 Å². The van der Waals surface area contributed by atoms with E-state index in [0.717, 1.165) is 18.4 Å². The first-order valence-electron chi connectivity index (χ1n) is 3.70. The van der Waals surface area contributed by atoms with E-state index in [1.165, 1.54) is 6.42 Å². The molecule has 2 heteroatoms. The fourth-order valence-electron chi connectivity index (χ4n) is 1.91. The van der Waals surface area contributed by atoms with Gasteiger partial charge in [-0.2, -0.15) is 0 Å². The Labute approximate surface area is 55.3 Å². The van der Waals surface area contributed by atoms with Crippen LogP contribution in [0.1, 0.15) is 13.3 Å². The van der Waals surface area contributed by atoms with E-state index >= 15 is 0 Å². The maximum Gasteiger partial charge on any atom is 0.0667 e. The average Bonchev–Trinajstić information content (AvgIpc) is 2.43. The predicted octanol–water partition coefficient (Wildman–Crippen LogP) is -0.0249. The van der Waals surface area contributed by atoms with Gasteiger partial charge in [0.1, 0.15) is 0 Å². The van der Waals surface area contributed by atoms with Gasteiger partial charge < -0.3 is 10.4 Å².